The molecule has 0 aliphatic rings. The van der Waals surface area contributed by atoms with Crippen LogP contribution in [0.25, 0.3) is 11.2 Å². The summed E-state index contributed by atoms with van der Waals surface area (Å²) >= 11 is 0. The number of aliphatic hydroxyl groups excluding tert-OH is 2. The third-order valence-corrected chi connectivity index (χ3v) is 2.21. The average molecular weight is 226 g/mol. The summed E-state index contributed by atoms with van der Waals surface area (Å²) in [7, 11) is 0. The van der Waals surface area contributed by atoms with Gasteiger partial charge in [0.1, 0.15) is 0 Å². The zero-order valence-corrected chi connectivity index (χ0v) is 8.35. The summed E-state index contributed by atoms with van der Waals surface area (Å²) in [6.45, 7) is -0.184. The van der Waals surface area contributed by atoms with E-state index in [2.05, 4.69) is 9.97 Å². The second-order valence-electron chi connectivity index (χ2n) is 3.38. The van der Waals surface area contributed by atoms with Crippen molar-refractivity contribution in [2.24, 2.45) is 0 Å². The van der Waals surface area contributed by atoms with Gasteiger partial charge >= 0.3 is 0 Å². The highest BCUT2D eigenvalue weighted by Crippen LogP contribution is 2.13. The van der Waals surface area contributed by atoms with Gasteiger partial charge in [-0.3, -0.25) is 4.57 Å². The molecule has 1 unspecified atom stereocenters. The first-order valence-electron chi connectivity index (χ1n) is 4.62. The quantitative estimate of drug-likeness (QED) is 0.351. The largest absolute Gasteiger partial charge is 0.394 e. The molecule has 0 spiro atoms. The number of fused-ring (bicyclic) bond motifs is 1. The van der Waals surface area contributed by atoms with Gasteiger partial charge < -0.3 is 21.2 Å². The molecule has 2 rings (SSSR count). The van der Waals surface area contributed by atoms with Crippen molar-refractivity contribution in [1.82, 2.24) is 14.5 Å². The van der Waals surface area contributed by atoms with Gasteiger partial charge in [-0.25, -0.2) is 4.98 Å². The van der Waals surface area contributed by atoms with Crippen LogP contribution in [-0.4, -0.2) is 42.7 Å². The predicted molar refractivity (Wildman–Crippen MR) is 52.4 cm³/mol. The highest BCUT2D eigenvalue weighted by Gasteiger charge is 2.17. The molecule has 8 nitrogen and oxygen atoms in total. The van der Waals surface area contributed by atoms with Gasteiger partial charge in [-0.15, -0.1) is 0 Å². The van der Waals surface area contributed by atoms with Crippen LogP contribution in [-0.2, 0) is 6.54 Å². The lowest BCUT2D eigenvalue weighted by atomic mass is 10.4. The zero-order chi connectivity index (χ0) is 11.7. The topological polar surface area (TPSA) is 121 Å². The minimum absolute atomic E-state index is 0.0715. The van der Waals surface area contributed by atoms with Gasteiger partial charge in [0, 0.05) is 0 Å². The van der Waals surface area contributed by atoms with Gasteiger partial charge in [0.15, 0.2) is 0 Å². The first kappa shape index (κ1) is 10.6. The Hall–Kier alpha value is -1.93. The van der Waals surface area contributed by atoms with Gasteiger partial charge in [-0.1, -0.05) is 9.71 Å². The second kappa shape index (κ2) is 3.91. The van der Waals surface area contributed by atoms with Crippen molar-refractivity contribution in [3.8, 4) is 0 Å². The van der Waals surface area contributed by atoms with Gasteiger partial charge in [0.25, 0.3) is 12.1 Å². The van der Waals surface area contributed by atoms with E-state index in [1.54, 1.807) is 4.57 Å². The number of hydrogen-bond donors (Lipinski definition) is 4. The summed E-state index contributed by atoms with van der Waals surface area (Å²) in [6, 6.07) is 0. The van der Waals surface area contributed by atoms with Crippen molar-refractivity contribution in [3.05, 3.63) is 12.7 Å². The minimum Gasteiger partial charge on any atom is -0.394 e. The predicted octanol–water partition coefficient (Wildman–Crippen LogP) is -2.11. The third-order valence-electron chi connectivity index (χ3n) is 2.21. The number of rotatable bonds is 3. The Kier molecular flexibility index (Phi) is 2.59. The monoisotopic (exact) mass is 226 g/mol. The van der Waals surface area contributed by atoms with E-state index in [0.29, 0.717) is 15.9 Å². The van der Waals surface area contributed by atoms with Gasteiger partial charge in [0.2, 0.25) is 11.2 Å². The molecule has 0 bridgehead atoms. The Labute approximate surface area is 90.2 Å². The van der Waals surface area contributed by atoms with Gasteiger partial charge in [-0.2, -0.15) is 0 Å². The van der Waals surface area contributed by atoms with E-state index in [0.717, 1.165) is 6.33 Å². The van der Waals surface area contributed by atoms with Crippen LogP contribution in [0.2, 0.25) is 0 Å². The summed E-state index contributed by atoms with van der Waals surface area (Å²) in [4.78, 5) is 7.90. The fourth-order valence-electron chi connectivity index (χ4n) is 1.39. The molecule has 0 saturated heterocycles. The fraction of sp³-hybridized carbons (Fsp3) is 0.375. The summed E-state index contributed by atoms with van der Waals surface area (Å²) in [5, 5.41) is 27.3. The van der Waals surface area contributed by atoms with Crippen LogP contribution < -0.4 is 10.5 Å². The molecule has 5 N–H and O–H groups in total. The van der Waals surface area contributed by atoms with Gasteiger partial charge in [0.05, 0.1) is 25.6 Å². The molecule has 0 aliphatic carbocycles. The number of nitrogen functional groups attached to an aromatic ring is 1. The van der Waals surface area contributed by atoms with E-state index in [-0.39, 0.29) is 19.0 Å². The molecule has 0 aliphatic heterocycles. The van der Waals surface area contributed by atoms with Crippen molar-refractivity contribution >= 4 is 17.0 Å². The molecule has 16 heavy (non-hydrogen) atoms. The number of imidazole rings is 1. The molecule has 0 amide bonds. The standard InChI is InChI=1S/C8H11N5O3/c9-7-6-8(11-4-13(7)16)12(3-10-6)1-5(15)2-14/h3-5,9,14-16H,1-2H2/p+1. The maximum Gasteiger partial charge on any atom is 0.289 e. The molecule has 2 aromatic heterocycles. The normalized spacial score (nSPS) is 13.1. The molecular weight excluding hydrogens is 214 g/mol. The van der Waals surface area contributed by atoms with E-state index < -0.39 is 6.10 Å². The van der Waals surface area contributed by atoms with Crippen molar-refractivity contribution in [2.45, 2.75) is 12.6 Å². The van der Waals surface area contributed by atoms with Crippen molar-refractivity contribution in [1.29, 1.82) is 0 Å². The average Bonchev–Trinajstić information content (AvgIpc) is 2.67. The highest BCUT2D eigenvalue weighted by molar-refractivity contribution is 5.79. The molecule has 86 valence electrons. The molecular formula is C8H12N5O3+. The Morgan fingerprint density at radius 3 is 2.94 bits per heavy atom. The van der Waals surface area contributed by atoms with E-state index in [4.69, 9.17) is 10.8 Å². The molecule has 2 aromatic rings. The Morgan fingerprint density at radius 1 is 1.50 bits per heavy atom. The van der Waals surface area contributed by atoms with Gasteiger partial charge in [-0.05, 0) is 0 Å². The summed E-state index contributed by atoms with van der Waals surface area (Å²) in [5.74, 6) is 0.0715. The number of aliphatic hydroxyl groups is 2. The number of nitrogens with two attached hydrogens (primary N) is 1. The maximum absolute atomic E-state index is 9.30. The number of anilines is 1. The molecule has 2 heterocycles. The lowest BCUT2D eigenvalue weighted by Crippen LogP contribution is -2.34. The summed E-state index contributed by atoms with van der Waals surface area (Å²) in [5.41, 5.74) is 6.36. The van der Waals surface area contributed by atoms with E-state index in [1.807, 2.05) is 0 Å². The van der Waals surface area contributed by atoms with E-state index in [9.17, 15) is 10.3 Å². The SMILES string of the molecule is Nc1c2ncn(CC(O)CO)c2nc[n+]1O. The van der Waals surface area contributed by atoms with Crippen molar-refractivity contribution < 1.29 is 20.2 Å². The molecule has 8 heteroatoms. The second-order valence-corrected chi connectivity index (χ2v) is 3.38. The third kappa shape index (κ3) is 1.64. The first-order valence-corrected chi connectivity index (χ1v) is 4.62. The first-order chi connectivity index (χ1) is 7.63. The van der Waals surface area contributed by atoms with Crippen LogP contribution in [0, 0.1) is 0 Å². The number of hydrogen-bond acceptors (Lipinski definition) is 6. The minimum atomic E-state index is -0.887. The van der Waals surface area contributed by atoms with E-state index in [1.165, 1.54) is 6.33 Å². The molecule has 0 fully saturated rings. The maximum atomic E-state index is 9.30. The zero-order valence-electron chi connectivity index (χ0n) is 8.35. The van der Waals surface area contributed by atoms with Crippen LogP contribution in [0.5, 0.6) is 0 Å². The summed E-state index contributed by atoms with van der Waals surface area (Å²) < 4.78 is 2.22. The van der Waals surface area contributed by atoms with Crippen LogP contribution in [0.4, 0.5) is 5.82 Å². The Balaban J connectivity index is 2.46. The van der Waals surface area contributed by atoms with Crippen LogP contribution >= 0.6 is 0 Å². The van der Waals surface area contributed by atoms with Crippen LogP contribution in [0.3, 0.4) is 0 Å². The molecule has 1 atom stereocenters. The van der Waals surface area contributed by atoms with Crippen LogP contribution in [0.1, 0.15) is 0 Å². The van der Waals surface area contributed by atoms with Crippen LogP contribution in [0.15, 0.2) is 12.7 Å². The lowest BCUT2D eigenvalue weighted by molar-refractivity contribution is -0.894. The Morgan fingerprint density at radius 2 is 2.25 bits per heavy atom. The lowest BCUT2D eigenvalue weighted by Gasteiger charge is -2.06. The van der Waals surface area contributed by atoms with Crippen molar-refractivity contribution in [3.63, 3.8) is 0 Å². The molecule has 0 radical (unpaired) electrons. The smallest absolute Gasteiger partial charge is 0.289 e. The Bertz CT molecular complexity index is 512. The fourth-order valence-corrected chi connectivity index (χ4v) is 1.39. The number of nitrogens with zero attached hydrogens (tertiary/aromatic N) is 4. The number of aromatic nitrogens is 4. The molecule has 0 aromatic carbocycles. The molecule has 0 saturated carbocycles. The van der Waals surface area contributed by atoms with Crippen molar-refractivity contribution in [2.75, 3.05) is 12.3 Å². The summed E-state index contributed by atoms with van der Waals surface area (Å²) in [6.07, 6.45) is 1.69. The highest BCUT2D eigenvalue weighted by atomic mass is 16.5. The van der Waals surface area contributed by atoms with E-state index >= 15 is 0 Å².